The zero-order valence-electron chi connectivity index (χ0n) is 16.5. The monoisotopic (exact) mass is 376 g/mol. The van der Waals surface area contributed by atoms with Crippen molar-refractivity contribution in [3.05, 3.63) is 46.7 Å². The molecule has 1 saturated carbocycles. The molecule has 28 heavy (non-hydrogen) atoms. The molecule has 7 nitrogen and oxygen atoms in total. The van der Waals surface area contributed by atoms with Crippen molar-refractivity contribution in [2.75, 3.05) is 6.61 Å². The third-order valence-corrected chi connectivity index (χ3v) is 6.52. The molecule has 1 saturated heterocycles. The number of imidazole rings is 1. The molecule has 3 aromatic heterocycles. The molecule has 0 aromatic carbocycles. The molecule has 0 N–H and O–H groups in total. The van der Waals surface area contributed by atoms with Crippen LogP contribution in [0.2, 0.25) is 0 Å². The van der Waals surface area contributed by atoms with Gasteiger partial charge >= 0.3 is 0 Å². The summed E-state index contributed by atoms with van der Waals surface area (Å²) in [5.41, 5.74) is 5.20. The van der Waals surface area contributed by atoms with Gasteiger partial charge in [0, 0.05) is 42.5 Å². The van der Waals surface area contributed by atoms with E-state index in [1.54, 1.807) is 0 Å². The molecule has 0 amide bonds. The number of hydrogen-bond donors (Lipinski definition) is 0. The van der Waals surface area contributed by atoms with E-state index in [1.807, 2.05) is 24.6 Å². The molecule has 4 atom stereocenters. The molecular formula is C21H24N6O. The fraction of sp³-hybridized carbons (Fsp3) is 0.524. The maximum absolute atomic E-state index is 6.08. The van der Waals surface area contributed by atoms with Gasteiger partial charge in [0.05, 0.1) is 17.1 Å². The van der Waals surface area contributed by atoms with Gasteiger partial charge < -0.3 is 9.30 Å². The van der Waals surface area contributed by atoms with Crippen LogP contribution < -0.4 is 0 Å². The third-order valence-electron chi connectivity index (χ3n) is 6.52. The van der Waals surface area contributed by atoms with E-state index in [1.165, 1.54) is 17.8 Å². The van der Waals surface area contributed by atoms with Crippen molar-refractivity contribution < 1.29 is 4.74 Å². The van der Waals surface area contributed by atoms with E-state index in [0.29, 0.717) is 17.8 Å². The van der Waals surface area contributed by atoms with Gasteiger partial charge in [0.1, 0.15) is 11.9 Å². The van der Waals surface area contributed by atoms with Crippen LogP contribution in [0.5, 0.6) is 0 Å². The maximum Gasteiger partial charge on any atom is 0.177 e. The van der Waals surface area contributed by atoms with Crippen LogP contribution in [0.4, 0.5) is 0 Å². The highest BCUT2D eigenvalue weighted by Gasteiger charge is 2.46. The van der Waals surface area contributed by atoms with Crippen molar-refractivity contribution in [3.8, 4) is 0 Å². The van der Waals surface area contributed by atoms with E-state index in [4.69, 9.17) is 19.8 Å². The first-order valence-electron chi connectivity index (χ1n) is 10.2. The Labute approximate surface area is 163 Å². The quantitative estimate of drug-likeness (QED) is 0.685. The summed E-state index contributed by atoms with van der Waals surface area (Å²) in [5, 5.41) is 4.78. The topological polar surface area (TPSA) is 70.1 Å². The molecule has 6 rings (SSSR count). The largest absolute Gasteiger partial charge is 0.370 e. The molecule has 144 valence electrons. The molecule has 0 bridgehead atoms. The third kappa shape index (κ3) is 2.25. The predicted octanol–water partition coefficient (Wildman–Crippen LogP) is 3.47. The first-order valence-corrected chi connectivity index (χ1v) is 10.2. The van der Waals surface area contributed by atoms with E-state index in [-0.39, 0.29) is 6.10 Å². The summed E-state index contributed by atoms with van der Waals surface area (Å²) in [6, 6.07) is 0. The zero-order valence-corrected chi connectivity index (χ0v) is 16.5. The molecule has 4 unspecified atom stereocenters. The number of hydrogen-bond acceptors (Lipinski definition) is 5. The van der Waals surface area contributed by atoms with Crippen LogP contribution in [0.15, 0.2) is 12.3 Å². The molecule has 3 aromatic rings. The van der Waals surface area contributed by atoms with E-state index >= 15 is 0 Å². The van der Waals surface area contributed by atoms with Crippen LogP contribution in [-0.4, -0.2) is 35.7 Å². The predicted molar refractivity (Wildman–Crippen MR) is 104 cm³/mol. The average Bonchev–Trinajstić information content (AvgIpc) is 3.23. The summed E-state index contributed by atoms with van der Waals surface area (Å²) in [6.45, 7) is 7.01. The van der Waals surface area contributed by atoms with Gasteiger partial charge in [-0.15, -0.1) is 0 Å². The van der Waals surface area contributed by atoms with Crippen molar-refractivity contribution >= 4 is 11.8 Å². The molecule has 2 fully saturated rings. The zero-order chi connectivity index (χ0) is 19.0. The number of rotatable bonds is 2. The fourth-order valence-electron chi connectivity index (χ4n) is 4.81. The molecular weight excluding hydrogens is 352 g/mol. The SMILES string of the molecule is Cc1ncc(C)n2nc(C3CC3c3nc4n(c3C)C=CC3CCCOC43)nc12. The standard InChI is InChI=1S/C21H24N6O/c1-11-10-22-12(2)20-24-19(25-27(11)20)16-9-15(16)17-13(3)26-7-6-14-5-4-8-28-18(14)21(26)23-17/h6-7,10,14-16,18H,4-5,8-9H2,1-3H3. The van der Waals surface area contributed by atoms with Gasteiger partial charge in [-0.05, 0) is 40.0 Å². The Hall–Kier alpha value is -2.54. The summed E-state index contributed by atoms with van der Waals surface area (Å²) in [6.07, 6.45) is 9.82. The van der Waals surface area contributed by atoms with Gasteiger partial charge in [0.25, 0.3) is 0 Å². The van der Waals surface area contributed by atoms with Crippen molar-refractivity contribution in [2.45, 2.75) is 58.0 Å². The van der Waals surface area contributed by atoms with Gasteiger partial charge in [-0.2, -0.15) is 5.10 Å². The Morgan fingerprint density at radius 1 is 1.14 bits per heavy atom. The highest BCUT2D eigenvalue weighted by Crippen LogP contribution is 2.55. The number of nitrogens with zero attached hydrogens (tertiary/aromatic N) is 6. The summed E-state index contributed by atoms with van der Waals surface area (Å²) in [4.78, 5) is 14.3. The first-order chi connectivity index (χ1) is 13.6. The van der Waals surface area contributed by atoms with E-state index < -0.39 is 0 Å². The van der Waals surface area contributed by atoms with Crippen LogP contribution >= 0.6 is 0 Å². The molecule has 5 heterocycles. The summed E-state index contributed by atoms with van der Waals surface area (Å²) in [7, 11) is 0. The number of aryl methyl sites for hydroxylation is 2. The minimum atomic E-state index is 0.105. The van der Waals surface area contributed by atoms with Crippen LogP contribution in [0.25, 0.3) is 11.8 Å². The Morgan fingerprint density at radius 2 is 2.04 bits per heavy atom. The van der Waals surface area contributed by atoms with Gasteiger partial charge in [-0.25, -0.2) is 14.5 Å². The fourth-order valence-corrected chi connectivity index (χ4v) is 4.81. The smallest absolute Gasteiger partial charge is 0.177 e. The van der Waals surface area contributed by atoms with Crippen molar-refractivity contribution in [1.29, 1.82) is 0 Å². The van der Waals surface area contributed by atoms with Gasteiger partial charge in [0.15, 0.2) is 11.5 Å². The lowest BCUT2D eigenvalue weighted by Gasteiger charge is -2.32. The Bertz CT molecular complexity index is 1090. The summed E-state index contributed by atoms with van der Waals surface area (Å²) in [5.74, 6) is 3.17. The second-order valence-corrected chi connectivity index (χ2v) is 8.39. The highest BCUT2D eigenvalue weighted by molar-refractivity contribution is 5.46. The van der Waals surface area contributed by atoms with E-state index in [2.05, 4.69) is 28.8 Å². The van der Waals surface area contributed by atoms with Gasteiger partial charge in [-0.1, -0.05) is 6.08 Å². The van der Waals surface area contributed by atoms with Crippen LogP contribution in [0.3, 0.4) is 0 Å². The maximum atomic E-state index is 6.08. The normalized spacial score (nSPS) is 28.4. The molecule has 3 aliphatic rings. The number of ether oxygens (including phenoxy) is 1. The minimum absolute atomic E-state index is 0.105. The lowest BCUT2D eigenvalue weighted by atomic mass is 9.92. The molecule has 0 spiro atoms. The number of fused-ring (bicyclic) bond motifs is 4. The first kappa shape index (κ1) is 16.4. The van der Waals surface area contributed by atoms with Gasteiger partial charge in [0.2, 0.25) is 0 Å². The van der Waals surface area contributed by atoms with Crippen LogP contribution in [0, 0.1) is 26.7 Å². The molecule has 0 radical (unpaired) electrons. The minimum Gasteiger partial charge on any atom is -0.370 e. The van der Waals surface area contributed by atoms with Crippen molar-refractivity contribution in [1.82, 2.24) is 29.1 Å². The Balaban J connectivity index is 1.34. The van der Waals surface area contributed by atoms with E-state index in [9.17, 15) is 0 Å². The number of aromatic nitrogens is 6. The van der Waals surface area contributed by atoms with Crippen LogP contribution in [0.1, 0.15) is 71.6 Å². The molecule has 7 heteroatoms. The second-order valence-electron chi connectivity index (χ2n) is 8.39. The highest BCUT2D eigenvalue weighted by atomic mass is 16.5. The van der Waals surface area contributed by atoms with Crippen molar-refractivity contribution in [2.24, 2.45) is 5.92 Å². The van der Waals surface area contributed by atoms with Gasteiger partial charge in [-0.3, -0.25) is 4.98 Å². The lowest BCUT2D eigenvalue weighted by molar-refractivity contribution is -0.0203. The summed E-state index contributed by atoms with van der Waals surface area (Å²) >= 11 is 0. The van der Waals surface area contributed by atoms with E-state index in [0.717, 1.165) is 48.1 Å². The van der Waals surface area contributed by atoms with Crippen LogP contribution in [-0.2, 0) is 4.74 Å². The Morgan fingerprint density at radius 3 is 2.89 bits per heavy atom. The average molecular weight is 376 g/mol. The Kier molecular flexibility index (Phi) is 3.36. The second kappa shape index (κ2) is 5.73. The lowest BCUT2D eigenvalue weighted by Crippen LogP contribution is -2.26. The summed E-state index contributed by atoms with van der Waals surface area (Å²) < 4.78 is 10.2. The molecule has 2 aliphatic heterocycles. The molecule has 1 aliphatic carbocycles. The van der Waals surface area contributed by atoms with Crippen molar-refractivity contribution in [3.63, 3.8) is 0 Å².